The van der Waals surface area contributed by atoms with Crippen LogP contribution < -0.4 is 15.4 Å². The van der Waals surface area contributed by atoms with Crippen molar-refractivity contribution in [3.05, 3.63) is 83.4 Å². The Labute approximate surface area is 242 Å². The Kier molecular flexibility index (Phi) is 8.87. The van der Waals surface area contributed by atoms with E-state index in [9.17, 15) is 18.0 Å². The highest BCUT2D eigenvalue weighted by atomic mass is 32.2. The third-order valence-electron chi connectivity index (χ3n) is 7.62. The molecule has 8 nitrogen and oxygen atoms in total. The van der Waals surface area contributed by atoms with E-state index in [4.69, 9.17) is 0 Å². The van der Waals surface area contributed by atoms with E-state index in [0.717, 1.165) is 60.3 Å². The van der Waals surface area contributed by atoms with E-state index in [1.165, 1.54) is 0 Å². The number of hydrogen-bond donors (Lipinski definition) is 3. The molecule has 5 rings (SSSR count). The highest BCUT2D eigenvalue weighted by molar-refractivity contribution is 7.89. The van der Waals surface area contributed by atoms with Crippen molar-refractivity contribution in [2.45, 2.75) is 52.1 Å². The van der Waals surface area contributed by atoms with Crippen LogP contribution in [0.15, 0.2) is 66.7 Å². The Morgan fingerprint density at radius 1 is 0.902 bits per heavy atom. The van der Waals surface area contributed by atoms with Gasteiger partial charge in [0.05, 0.1) is 5.75 Å². The van der Waals surface area contributed by atoms with Gasteiger partial charge in [0.2, 0.25) is 15.9 Å². The van der Waals surface area contributed by atoms with Gasteiger partial charge in [-0.2, -0.15) is 0 Å². The molecular weight excluding hydrogens is 536 g/mol. The zero-order valence-electron chi connectivity index (χ0n) is 23.7. The molecule has 0 radical (unpaired) electrons. The Morgan fingerprint density at radius 2 is 1.61 bits per heavy atom. The van der Waals surface area contributed by atoms with Crippen LogP contribution in [-0.2, 0) is 21.4 Å². The molecule has 3 aromatic rings. The molecule has 3 N–H and O–H groups in total. The van der Waals surface area contributed by atoms with E-state index in [1.54, 1.807) is 0 Å². The van der Waals surface area contributed by atoms with Crippen molar-refractivity contribution in [3.63, 3.8) is 0 Å². The van der Waals surface area contributed by atoms with Crippen LogP contribution in [0.2, 0.25) is 0 Å². The van der Waals surface area contributed by atoms with Crippen molar-refractivity contribution in [3.8, 4) is 11.1 Å². The first-order valence-corrected chi connectivity index (χ1v) is 16.0. The molecular formula is C32H38N4O4S. The van der Waals surface area contributed by atoms with E-state index in [1.807, 2.05) is 80.6 Å². The van der Waals surface area contributed by atoms with Gasteiger partial charge in [-0.15, -0.1) is 0 Å². The molecule has 0 spiro atoms. The molecule has 0 bridgehead atoms. The van der Waals surface area contributed by atoms with Gasteiger partial charge in [-0.25, -0.2) is 13.1 Å². The van der Waals surface area contributed by atoms with Crippen LogP contribution >= 0.6 is 0 Å². The Balaban J connectivity index is 1.15. The summed E-state index contributed by atoms with van der Waals surface area (Å²) in [7, 11) is -3.21. The van der Waals surface area contributed by atoms with Gasteiger partial charge >= 0.3 is 0 Å². The molecule has 1 heterocycles. The monoisotopic (exact) mass is 574 g/mol. The third kappa shape index (κ3) is 7.81. The predicted octanol–water partition coefficient (Wildman–Crippen LogP) is 5.17. The smallest absolute Gasteiger partial charge is 0.255 e. The Hall–Kier alpha value is -3.53. The molecule has 1 atom stereocenters. The number of carbonyl (C=O) groups excluding carboxylic acids is 2. The second kappa shape index (κ2) is 12.5. The number of nitrogens with one attached hydrogen (secondary N) is 3. The van der Waals surface area contributed by atoms with Crippen molar-refractivity contribution < 1.29 is 18.0 Å². The summed E-state index contributed by atoms with van der Waals surface area (Å²) in [6, 6.07) is 21.1. The first-order valence-electron chi connectivity index (χ1n) is 14.3. The molecule has 41 heavy (non-hydrogen) atoms. The number of aryl methyl sites for hydroxylation is 1. The minimum Gasteiger partial charge on any atom is -0.326 e. The zero-order valence-corrected chi connectivity index (χ0v) is 24.5. The summed E-state index contributed by atoms with van der Waals surface area (Å²) in [6.07, 6.45) is 3.34. The second-order valence-corrected chi connectivity index (χ2v) is 13.1. The number of benzene rings is 3. The van der Waals surface area contributed by atoms with E-state index in [0.29, 0.717) is 24.2 Å². The summed E-state index contributed by atoms with van der Waals surface area (Å²) in [5.41, 5.74) is 6.25. The summed E-state index contributed by atoms with van der Waals surface area (Å²) >= 11 is 0. The van der Waals surface area contributed by atoms with Crippen molar-refractivity contribution >= 4 is 33.2 Å². The van der Waals surface area contributed by atoms with Crippen LogP contribution in [0.4, 0.5) is 11.4 Å². The fourth-order valence-corrected chi connectivity index (χ4v) is 6.57. The molecule has 1 aliphatic heterocycles. The number of likely N-dealkylation sites (tertiary alicyclic amines) is 1. The maximum Gasteiger partial charge on any atom is 0.255 e. The largest absolute Gasteiger partial charge is 0.326 e. The quantitative estimate of drug-likeness (QED) is 0.293. The minimum absolute atomic E-state index is 0.0439. The average Bonchev–Trinajstić information content (AvgIpc) is 3.72. The topological polar surface area (TPSA) is 108 Å². The molecule has 0 aromatic heterocycles. The van der Waals surface area contributed by atoms with Crippen LogP contribution in [0, 0.1) is 12.8 Å². The lowest BCUT2D eigenvalue weighted by molar-refractivity contribution is -0.117. The van der Waals surface area contributed by atoms with Crippen LogP contribution in [0.5, 0.6) is 0 Å². The van der Waals surface area contributed by atoms with Crippen molar-refractivity contribution in [2.24, 2.45) is 5.92 Å². The van der Waals surface area contributed by atoms with Gasteiger partial charge in [0.1, 0.15) is 0 Å². The number of rotatable bonds is 11. The maximum atomic E-state index is 12.9. The molecule has 3 aromatic carbocycles. The number of sulfonamides is 1. The zero-order chi connectivity index (χ0) is 29.0. The lowest BCUT2D eigenvalue weighted by Gasteiger charge is -2.17. The van der Waals surface area contributed by atoms with E-state index in [-0.39, 0.29) is 29.5 Å². The molecule has 216 valence electrons. The molecule has 9 heteroatoms. The average molecular weight is 575 g/mol. The standard InChI is InChI=1S/C32H38N4O4S/c1-3-18-41(39,40)35-29-16-17-36(21-29)20-23-5-14-27(15-6-23)33-31(37)25-9-7-24(8-10-25)30-19-28(13-4-22(30)2)34-32(38)26-11-12-26/h4-10,13-15,19,26,29,35H,3,11-12,16-18,20-21H2,1-2H3,(H,33,37)(H,34,38)/t29-/m0/s1. The predicted molar refractivity (Wildman–Crippen MR) is 163 cm³/mol. The van der Waals surface area contributed by atoms with Crippen LogP contribution in [0.25, 0.3) is 11.1 Å². The highest BCUT2D eigenvalue weighted by Gasteiger charge is 2.29. The van der Waals surface area contributed by atoms with Crippen molar-refractivity contribution in [1.29, 1.82) is 0 Å². The number of anilines is 2. The number of carbonyl (C=O) groups is 2. The maximum absolute atomic E-state index is 12.9. The van der Waals surface area contributed by atoms with Gasteiger partial charge in [0.25, 0.3) is 5.91 Å². The fraction of sp³-hybridized carbons (Fsp3) is 0.375. The minimum atomic E-state index is -3.21. The van der Waals surface area contributed by atoms with Crippen molar-refractivity contribution in [2.75, 3.05) is 29.5 Å². The number of hydrogen-bond acceptors (Lipinski definition) is 5. The molecule has 0 unspecified atom stereocenters. The highest BCUT2D eigenvalue weighted by Crippen LogP contribution is 2.32. The summed E-state index contributed by atoms with van der Waals surface area (Å²) in [6.45, 7) is 6.15. The summed E-state index contributed by atoms with van der Waals surface area (Å²) in [4.78, 5) is 27.3. The van der Waals surface area contributed by atoms with Crippen LogP contribution in [-0.4, -0.2) is 50.0 Å². The van der Waals surface area contributed by atoms with Gasteiger partial charge in [0.15, 0.2) is 0 Å². The fourth-order valence-electron chi connectivity index (χ4n) is 5.21. The van der Waals surface area contributed by atoms with Crippen molar-refractivity contribution in [1.82, 2.24) is 9.62 Å². The van der Waals surface area contributed by atoms with Gasteiger partial charge < -0.3 is 10.6 Å². The number of nitrogens with zero attached hydrogens (tertiary/aromatic N) is 1. The van der Waals surface area contributed by atoms with E-state index >= 15 is 0 Å². The lowest BCUT2D eigenvalue weighted by atomic mass is 9.98. The van der Waals surface area contributed by atoms with Gasteiger partial charge in [0, 0.05) is 48.5 Å². The number of amides is 2. The first kappa shape index (κ1) is 29.0. The second-order valence-electron chi connectivity index (χ2n) is 11.2. The Morgan fingerprint density at radius 3 is 2.29 bits per heavy atom. The van der Waals surface area contributed by atoms with Gasteiger partial charge in [-0.05, 0) is 91.3 Å². The van der Waals surface area contributed by atoms with E-state index in [2.05, 4.69) is 20.3 Å². The normalized spacial score (nSPS) is 17.4. The Bertz CT molecular complexity index is 1500. The van der Waals surface area contributed by atoms with Crippen LogP contribution in [0.1, 0.15) is 54.1 Å². The van der Waals surface area contributed by atoms with E-state index < -0.39 is 10.0 Å². The summed E-state index contributed by atoms with van der Waals surface area (Å²) in [5.74, 6) is 0.202. The molecule has 1 saturated heterocycles. The first-order chi connectivity index (χ1) is 19.7. The molecule has 1 aliphatic carbocycles. The lowest BCUT2D eigenvalue weighted by Crippen LogP contribution is -2.38. The molecule has 2 amide bonds. The molecule has 2 aliphatic rings. The summed E-state index contributed by atoms with van der Waals surface area (Å²) in [5, 5.41) is 5.97. The van der Waals surface area contributed by atoms with Gasteiger partial charge in [-0.3, -0.25) is 14.5 Å². The molecule has 1 saturated carbocycles. The molecule has 2 fully saturated rings. The summed E-state index contributed by atoms with van der Waals surface area (Å²) < 4.78 is 26.9. The SMILES string of the molecule is CCCS(=O)(=O)N[C@H]1CCN(Cc2ccc(NC(=O)c3ccc(-c4cc(NC(=O)C5CC5)ccc4C)cc3)cc2)C1. The van der Waals surface area contributed by atoms with Gasteiger partial charge in [-0.1, -0.05) is 37.3 Å². The van der Waals surface area contributed by atoms with Crippen LogP contribution in [0.3, 0.4) is 0 Å². The third-order valence-corrected chi connectivity index (χ3v) is 9.26.